The van der Waals surface area contributed by atoms with E-state index in [4.69, 9.17) is 9.15 Å². The predicted molar refractivity (Wildman–Crippen MR) is 210 cm³/mol. The molecule has 8 aromatic carbocycles. The van der Waals surface area contributed by atoms with E-state index in [1.54, 1.807) is 0 Å². The van der Waals surface area contributed by atoms with Crippen molar-refractivity contribution in [1.82, 2.24) is 0 Å². The maximum Gasteiger partial charge on any atom is 0.142 e. The Balaban J connectivity index is 1.23. The van der Waals surface area contributed by atoms with Crippen molar-refractivity contribution in [1.29, 1.82) is 0 Å². The number of ether oxygens (including phenoxy) is 1. The van der Waals surface area contributed by atoms with Crippen molar-refractivity contribution in [2.45, 2.75) is 18.8 Å². The molecule has 0 saturated heterocycles. The highest BCUT2D eigenvalue weighted by Crippen LogP contribution is 2.57. The average Bonchev–Trinajstić information content (AvgIpc) is 3.70. The van der Waals surface area contributed by atoms with Crippen LogP contribution in [-0.4, -0.2) is 0 Å². The third-order valence-electron chi connectivity index (χ3n) is 11.3. The van der Waals surface area contributed by atoms with E-state index in [0.717, 1.165) is 40.4 Å². The molecule has 9 aromatic rings. The molecule has 1 unspecified atom stereocenters. The second-order valence-corrected chi connectivity index (χ2v) is 14.2. The van der Waals surface area contributed by atoms with Gasteiger partial charge in [0.2, 0.25) is 0 Å². The highest BCUT2D eigenvalue weighted by molar-refractivity contribution is 6.20. The summed E-state index contributed by atoms with van der Waals surface area (Å²) in [5.74, 6) is 2.81. The zero-order valence-corrected chi connectivity index (χ0v) is 28.1. The minimum absolute atomic E-state index is 0.348. The average molecular weight is 653 g/mol. The predicted octanol–water partition coefficient (Wildman–Crippen LogP) is 12.9. The molecule has 0 fully saturated rings. The Labute approximate surface area is 295 Å². The molecule has 2 heteroatoms. The number of benzene rings is 8. The third-order valence-corrected chi connectivity index (χ3v) is 11.3. The first-order valence-electron chi connectivity index (χ1n) is 17.7. The van der Waals surface area contributed by atoms with Crippen molar-refractivity contribution in [3.63, 3.8) is 0 Å². The summed E-state index contributed by atoms with van der Waals surface area (Å²) in [6.45, 7) is 2.34. The smallest absolute Gasteiger partial charge is 0.142 e. The van der Waals surface area contributed by atoms with E-state index < -0.39 is 0 Å². The molecule has 2 aliphatic rings. The summed E-state index contributed by atoms with van der Waals surface area (Å²) in [7, 11) is 0. The van der Waals surface area contributed by atoms with Crippen LogP contribution in [0.1, 0.15) is 29.4 Å². The van der Waals surface area contributed by atoms with Gasteiger partial charge in [0, 0.05) is 22.1 Å². The van der Waals surface area contributed by atoms with Gasteiger partial charge in [-0.3, -0.25) is 0 Å². The summed E-state index contributed by atoms with van der Waals surface area (Å²) in [6.07, 6.45) is 0.810. The molecule has 1 atom stereocenters. The van der Waals surface area contributed by atoms with E-state index in [-0.39, 0.29) is 5.41 Å². The van der Waals surface area contributed by atoms with E-state index in [1.165, 1.54) is 71.1 Å². The topological polar surface area (TPSA) is 22.4 Å². The monoisotopic (exact) mass is 652 g/mol. The maximum atomic E-state index is 6.97. The van der Waals surface area contributed by atoms with Crippen LogP contribution in [0.5, 0.6) is 5.75 Å². The Morgan fingerprint density at radius 1 is 0.510 bits per heavy atom. The minimum atomic E-state index is -0.348. The largest absolute Gasteiger partial charge is 0.460 e. The van der Waals surface area contributed by atoms with Crippen LogP contribution < -0.4 is 4.74 Å². The van der Waals surface area contributed by atoms with Crippen molar-refractivity contribution >= 4 is 48.9 Å². The molecule has 1 aliphatic heterocycles. The molecule has 0 N–H and O–H groups in total. The lowest BCUT2D eigenvalue weighted by molar-refractivity contribution is 0.372. The van der Waals surface area contributed by atoms with Crippen molar-refractivity contribution in [2.75, 3.05) is 0 Å². The molecule has 11 rings (SSSR count). The Bertz CT molecular complexity index is 2880. The molecule has 51 heavy (non-hydrogen) atoms. The van der Waals surface area contributed by atoms with Crippen LogP contribution in [0.2, 0.25) is 0 Å². The van der Waals surface area contributed by atoms with E-state index in [9.17, 15) is 0 Å². The number of hydrogen-bond acceptors (Lipinski definition) is 2. The molecule has 1 aromatic heterocycles. The van der Waals surface area contributed by atoms with Gasteiger partial charge in [0.1, 0.15) is 22.9 Å². The van der Waals surface area contributed by atoms with Gasteiger partial charge < -0.3 is 9.15 Å². The zero-order valence-electron chi connectivity index (χ0n) is 28.1. The lowest BCUT2D eigenvalue weighted by Gasteiger charge is -2.32. The Morgan fingerprint density at radius 2 is 1.10 bits per heavy atom. The summed E-state index contributed by atoms with van der Waals surface area (Å²) >= 11 is 0. The molecule has 1 aliphatic carbocycles. The van der Waals surface area contributed by atoms with Crippen LogP contribution in [0.15, 0.2) is 174 Å². The fourth-order valence-electron chi connectivity index (χ4n) is 9.05. The molecule has 0 spiro atoms. The van der Waals surface area contributed by atoms with E-state index in [1.807, 2.05) is 0 Å². The molecule has 2 nitrogen and oxygen atoms in total. The normalized spacial score (nSPS) is 16.4. The van der Waals surface area contributed by atoms with E-state index in [2.05, 4.69) is 171 Å². The van der Waals surface area contributed by atoms with Crippen LogP contribution in [0.3, 0.4) is 0 Å². The van der Waals surface area contributed by atoms with Crippen molar-refractivity contribution < 1.29 is 9.15 Å². The first-order valence-corrected chi connectivity index (χ1v) is 17.7. The number of rotatable bonds is 3. The SMILES string of the molecule is CC12Cc3c(oc4ccccc34)C(c3c4ccccc4c(-c4cccc(-c5cccc6ccccc56)c4)c4ccccc34)=C1Oc1ccccc12. The molecule has 0 bridgehead atoms. The molecular formula is C49H32O2. The molecule has 0 amide bonds. The van der Waals surface area contributed by atoms with Crippen LogP contribution in [-0.2, 0) is 11.8 Å². The number of para-hydroxylation sites is 2. The minimum Gasteiger partial charge on any atom is -0.460 e. The summed E-state index contributed by atoms with van der Waals surface area (Å²) in [4.78, 5) is 0. The second-order valence-electron chi connectivity index (χ2n) is 14.2. The summed E-state index contributed by atoms with van der Waals surface area (Å²) in [6, 6.07) is 59.0. The van der Waals surface area contributed by atoms with Gasteiger partial charge in [0.25, 0.3) is 0 Å². The van der Waals surface area contributed by atoms with Crippen molar-refractivity contribution in [3.05, 3.63) is 192 Å². The lowest BCUT2D eigenvalue weighted by Crippen LogP contribution is -2.30. The van der Waals surface area contributed by atoms with Gasteiger partial charge in [-0.15, -0.1) is 0 Å². The Hall–Kier alpha value is -6.38. The zero-order chi connectivity index (χ0) is 33.7. The van der Waals surface area contributed by atoms with Gasteiger partial charge in [0.15, 0.2) is 0 Å². The number of hydrogen-bond donors (Lipinski definition) is 0. The Kier molecular flexibility index (Phi) is 5.89. The van der Waals surface area contributed by atoms with Gasteiger partial charge in [-0.2, -0.15) is 0 Å². The third kappa shape index (κ3) is 3.99. The van der Waals surface area contributed by atoms with Crippen molar-refractivity contribution in [3.8, 4) is 28.0 Å². The van der Waals surface area contributed by atoms with Crippen LogP contribution in [0.25, 0.3) is 71.1 Å². The number of furan rings is 1. The van der Waals surface area contributed by atoms with Crippen LogP contribution >= 0.6 is 0 Å². The number of fused-ring (bicyclic) bond motifs is 9. The highest BCUT2D eigenvalue weighted by atomic mass is 16.5. The van der Waals surface area contributed by atoms with Gasteiger partial charge in [-0.05, 0) is 86.1 Å². The fraction of sp³-hybridized carbons (Fsp3) is 0.0612. The van der Waals surface area contributed by atoms with Gasteiger partial charge in [-0.25, -0.2) is 0 Å². The van der Waals surface area contributed by atoms with Gasteiger partial charge in [-0.1, -0.05) is 146 Å². The number of allylic oxidation sites excluding steroid dienone is 1. The summed E-state index contributed by atoms with van der Waals surface area (Å²) in [5.41, 5.74) is 10.1. The first kappa shape index (κ1) is 28.5. The lowest BCUT2D eigenvalue weighted by atomic mass is 9.69. The van der Waals surface area contributed by atoms with Gasteiger partial charge >= 0.3 is 0 Å². The maximum absolute atomic E-state index is 6.97. The molecular weight excluding hydrogens is 621 g/mol. The van der Waals surface area contributed by atoms with E-state index >= 15 is 0 Å². The highest BCUT2D eigenvalue weighted by Gasteiger charge is 2.49. The van der Waals surface area contributed by atoms with E-state index in [0.29, 0.717) is 0 Å². The summed E-state index contributed by atoms with van der Waals surface area (Å²) in [5, 5.41) is 8.44. The standard InChI is InChI=1S/C49H32O2/c1-49-29-40-35-19-8-10-26-42(35)50-47(40)46(48(49)51-43-27-11-9-25-41(43)49)45-38-22-6-4-20-36(38)44(37-21-5-7-23-39(37)45)32-17-12-16-31(28-32)34-24-13-15-30-14-2-3-18-33(30)34/h2-28H,29H2,1H3. The quantitative estimate of drug-likeness (QED) is 0.177. The second kappa shape index (κ2) is 10.6. The molecule has 240 valence electrons. The van der Waals surface area contributed by atoms with Crippen molar-refractivity contribution in [2.24, 2.45) is 0 Å². The molecule has 2 heterocycles. The Morgan fingerprint density at radius 3 is 1.88 bits per heavy atom. The summed E-state index contributed by atoms with van der Waals surface area (Å²) < 4.78 is 13.9. The molecule has 0 saturated carbocycles. The molecule has 0 radical (unpaired) electrons. The first-order chi connectivity index (χ1) is 25.2. The fourth-order valence-corrected chi connectivity index (χ4v) is 9.05. The van der Waals surface area contributed by atoms with Crippen LogP contribution in [0.4, 0.5) is 0 Å². The van der Waals surface area contributed by atoms with Crippen LogP contribution in [0, 0.1) is 0 Å². The van der Waals surface area contributed by atoms with Gasteiger partial charge in [0.05, 0.1) is 11.0 Å².